The van der Waals surface area contributed by atoms with E-state index in [4.69, 9.17) is 27.9 Å². The lowest BCUT2D eigenvalue weighted by atomic mass is 9.98. The summed E-state index contributed by atoms with van der Waals surface area (Å²) < 4.78 is 7.75. The molecule has 0 bridgehead atoms. The van der Waals surface area contributed by atoms with Crippen LogP contribution in [0.4, 0.5) is 4.79 Å². The van der Waals surface area contributed by atoms with Gasteiger partial charge in [-0.2, -0.15) is 4.98 Å². The van der Waals surface area contributed by atoms with Gasteiger partial charge in [0.25, 0.3) is 0 Å². The Morgan fingerprint density at radius 3 is 2.75 bits per heavy atom. The topological polar surface area (TPSA) is 60.2 Å². The van der Waals surface area contributed by atoms with Gasteiger partial charge in [0, 0.05) is 36.8 Å². The van der Waals surface area contributed by atoms with Gasteiger partial charge in [-0.1, -0.05) is 23.7 Å². The zero-order chi connectivity index (χ0) is 23.0. The van der Waals surface area contributed by atoms with E-state index >= 15 is 0 Å². The van der Waals surface area contributed by atoms with E-state index in [9.17, 15) is 4.79 Å². The number of piperidine rings is 1. The lowest BCUT2D eigenvalue weighted by molar-refractivity contribution is 0.0158. The van der Waals surface area contributed by atoms with E-state index in [1.807, 2.05) is 50.8 Å². The van der Waals surface area contributed by atoms with E-state index in [2.05, 4.69) is 20.6 Å². The molecule has 1 aliphatic rings. The first-order valence-corrected chi connectivity index (χ1v) is 11.6. The highest BCUT2D eigenvalue weighted by Gasteiger charge is 2.29. The van der Waals surface area contributed by atoms with Gasteiger partial charge in [0.2, 0.25) is 5.28 Å². The van der Waals surface area contributed by atoms with Crippen LogP contribution in [0.25, 0.3) is 22.3 Å². The van der Waals surface area contributed by atoms with Crippen LogP contribution in [0.5, 0.6) is 0 Å². The zero-order valence-electron chi connectivity index (χ0n) is 18.9. The van der Waals surface area contributed by atoms with Crippen molar-refractivity contribution < 1.29 is 9.53 Å². The Balaban J connectivity index is 1.67. The van der Waals surface area contributed by atoms with Crippen LogP contribution in [0, 0.1) is 12.8 Å². The third-order valence-corrected chi connectivity index (χ3v) is 6.11. The second-order valence-corrected chi connectivity index (χ2v) is 10.2. The normalized spacial score (nSPS) is 17.1. The number of carbonyl (C=O) groups excluding carboxylic acids is 1. The van der Waals surface area contributed by atoms with Gasteiger partial charge in [0.1, 0.15) is 11.2 Å². The van der Waals surface area contributed by atoms with Gasteiger partial charge in [-0.25, -0.2) is 9.78 Å². The molecular weight excluding hydrogens is 447 g/mol. The van der Waals surface area contributed by atoms with Crippen molar-refractivity contribution in [1.29, 1.82) is 0 Å². The number of nitrogens with zero attached hydrogens (tertiary/aromatic N) is 4. The molecule has 6 nitrogen and oxygen atoms in total. The van der Waals surface area contributed by atoms with E-state index in [1.165, 1.54) is 0 Å². The molecule has 1 fully saturated rings. The quantitative estimate of drug-likeness (QED) is 0.414. The number of benzene rings is 1. The summed E-state index contributed by atoms with van der Waals surface area (Å²) in [5.41, 5.74) is 3.27. The monoisotopic (exact) mass is 474 g/mol. The van der Waals surface area contributed by atoms with Gasteiger partial charge in [-0.05, 0) is 75.8 Å². The lowest BCUT2D eigenvalue weighted by Crippen LogP contribution is -2.43. The lowest BCUT2D eigenvalue weighted by Gasteiger charge is -2.34. The molecule has 0 unspecified atom stereocenters. The number of hydrogen-bond donors (Lipinski definition) is 0. The molecule has 0 aliphatic carbocycles. The van der Waals surface area contributed by atoms with E-state index in [0.717, 1.165) is 40.7 Å². The van der Waals surface area contributed by atoms with Crippen molar-refractivity contribution in [1.82, 2.24) is 19.4 Å². The predicted octanol–water partition coefficient (Wildman–Crippen LogP) is 6.36. The van der Waals surface area contributed by atoms with Crippen molar-refractivity contribution in [2.45, 2.75) is 52.7 Å². The predicted molar refractivity (Wildman–Crippen MR) is 128 cm³/mol. The minimum atomic E-state index is -0.510. The number of halogens is 2. The number of hydrogen-bond acceptors (Lipinski definition) is 4. The molecule has 170 valence electrons. The number of likely N-dealkylation sites (tertiary alicyclic amines) is 1. The first-order chi connectivity index (χ1) is 15.1. The van der Waals surface area contributed by atoms with Crippen LogP contribution in [-0.2, 0) is 11.3 Å². The van der Waals surface area contributed by atoms with Crippen molar-refractivity contribution in [2.75, 3.05) is 13.1 Å². The molecule has 1 aromatic carbocycles. The third kappa shape index (κ3) is 5.02. The average molecular weight is 475 g/mol. The fraction of sp³-hybridized carbons (Fsp3) is 0.458. The van der Waals surface area contributed by atoms with Gasteiger partial charge in [0.15, 0.2) is 0 Å². The Bertz CT molecular complexity index is 1150. The summed E-state index contributed by atoms with van der Waals surface area (Å²) in [4.78, 5) is 23.1. The third-order valence-electron chi connectivity index (χ3n) is 5.62. The first-order valence-electron chi connectivity index (χ1n) is 10.9. The zero-order valence-corrected chi connectivity index (χ0v) is 20.4. The Morgan fingerprint density at radius 2 is 2.03 bits per heavy atom. The van der Waals surface area contributed by atoms with Gasteiger partial charge in [0.05, 0.1) is 10.7 Å². The highest BCUT2D eigenvalue weighted by atomic mass is 35.5. The number of rotatable bonds is 3. The number of carbonyl (C=O) groups is 1. The van der Waals surface area contributed by atoms with Gasteiger partial charge < -0.3 is 14.2 Å². The van der Waals surface area contributed by atoms with Crippen LogP contribution in [-0.4, -0.2) is 44.2 Å². The Hall–Kier alpha value is -2.31. The van der Waals surface area contributed by atoms with E-state index in [-0.39, 0.29) is 17.3 Å². The highest BCUT2D eigenvalue weighted by Crippen LogP contribution is 2.34. The van der Waals surface area contributed by atoms with Crippen molar-refractivity contribution in [3.05, 3.63) is 46.3 Å². The minimum Gasteiger partial charge on any atom is -0.444 e. The summed E-state index contributed by atoms with van der Waals surface area (Å²) >= 11 is 12.8. The minimum absolute atomic E-state index is 0.206. The average Bonchev–Trinajstić information content (AvgIpc) is 3.04. The molecule has 0 radical (unpaired) electrons. The van der Waals surface area contributed by atoms with Crippen LogP contribution >= 0.6 is 23.2 Å². The molecule has 1 aliphatic heterocycles. The molecule has 1 amide bonds. The fourth-order valence-electron chi connectivity index (χ4n) is 4.22. The summed E-state index contributed by atoms with van der Waals surface area (Å²) in [6.07, 6.45) is 3.42. The van der Waals surface area contributed by atoms with Crippen molar-refractivity contribution in [2.24, 2.45) is 5.92 Å². The van der Waals surface area contributed by atoms with Gasteiger partial charge in [-0.3, -0.25) is 0 Å². The van der Waals surface area contributed by atoms with Crippen molar-refractivity contribution in [3.63, 3.8) is 0 Å². The van der Waals surface area contributed by atoms with Crippen molar-refractivity contribution in [3.8, 4) is 11.3 Å². The van der Waals surface area contributed by atoms with Crippen LogP contribution in [0.15, 0.2) is 30.5 Å². The van der Waals surface area contributed by atoms with E-state index < -0.39 is 5.60 Å². The molecule has 3 heterocycles. The number of amides is 1. The van der Waals surface area contributed by atoms with E-state index in [1.54, 1.807) is 6.20 Å². The molecule has 2 aromatic heterocycles. The van der Waals surface area contributed by atoms with E-state index in [0.29, 0.717) is 24.7 Å². The first kappa shape index (κ1) is 22.9. The molecule has 8 heteroatoms. The molecule has 4 rings (SSSR count). The summed E-state index contributed by atoms with van der Waals surface area (Å²) in [7, 11) is 0. The largest absolute Gasteiger partial charge is 0.444 e. The second-order valence-electron chi connectivity index (χ2n) is 9.48. The fourth-order valence-corrected chi connectivity index (χ4v) is 4.68. The Labute approximate surface area is 198 Å². The summed E-state index contributed by atoms with van der Waals surface area (Å²) in [5, 5.41) is 1.80. The summed E-state index contributed by atoms with van der Waals surface area (Å²) in [6, 6.07) is 8.09. The second kappa shape index (κ2) is 8.91. The number of fused-ring (bicyclic) bond motifs is 1. The van der Waals surface area contributed by atoms with Crippen LogP contribution in [0.1, 0.15) is 39.2 Å². The molecule has 1 atom stereocenters. The Morgan fingerprint density at radius 1 is 1.25 bits per heavy atom. The maximum atomic E-state index is 12.6. The van der Waals surface area contributed by atoms with Crippen molar-refractivity contribution >= 4 is 40.3 Å². The molecule has 3 aromatic rings. The highest BCUT2D eigenvalue weighted by molar-refractivity contribution is 6.33. The molecular formula is C24H28Cl2N4O2. The smallest absolute Gasteiger partial charge is 0.410 e. The Kier molecular flexibility index (Phi) is 6.37. The maximum Gasteiger partial charge on any atom is 0.410 e. The molecule has 0 spiro atoms. The number of aryl methyl sites for hydroxylation is 1. The summed E-state index contributed by atoms with van der Waals surface area (Å²) in [6.45, 7) is 9.72. The standard InChI is InChI=1S/C24H28Cl2N4O2/c1-15-7-8-18(19(25)10-15)20-11-17-12-27-22(26)28-21(17)30(20)14-16-6-5-9-29(13-16)23(31)32-24(2,3)4/h7-8,10-12,16H,5-6,9,13-14H2,1-4H3/t16-/m1/s1. The maximum absolute atomic E-state index is 12.6. The SMILES string of the molecule is Cc1ccc(-c2cc3cnc(Cl)nc3n2C[C@@H]2CCCN(C(=O)OC(C)(C)C)C2)c(Cl)c1. The van der Waals surface area contributed by atoms with Gasteiger partial charge >= 0.3 is 6.09 Å². The summed E-state index contributed by atoms with van der Waals surface area (Å²) in [5.74, 6) is 0.253. The molecule has 0 saturated carbocycles. The van der Waals surface area contributed by atoms with Crippen LogP contribution in [0.3, 0.4) is 0 Å². The molecule has 32 heavy (non-hydrogen) atoms. The molecule has 1 saturated heterocycles. The number of aromatic nitrogens is 3. The molecule has 0 N–H and O–H groups in total. The van der Waals surface area contributed by atoms with Crippen LogP contribution in [0.2, 0.25) is 10.3 Å². The van der Waals surface area contributed by atoms with Gasteiger partial charge in [-0.15, -0.1) is 0 Å². The number of ether oxygens (including phenoxy) is 1. The van der Waals surface area contributed by atoms with Crippen LogP contribution < -0.4 is 0 Å².